The fourth-order valence-electron chi connectivity index (χ4n) is 3.21. The Morgan fingerprint density at radius 3 is 2.65 bits per heavy atom. The smallest absolute Gasteiger partial charge is 0.222 e. The number of halogens is 1. The average molecular weight is 333 g/mol. The molecule has 124 valence electrons. The molecular formula is C19H25ClN2O. The van der Waals surface area contributed by atoms with E-state index in [-0.39, 0.29) is 23.7 Å². The van der Waals surface area contributed by atoms with Gasteiger partial charge in [0, 0.05) is 19.5 Å². The highest BCUT2D eigenvalue weighted by Crippen LogP contribution is 2.29. The number of nitrogens with zero attached hydrogens (tertiary/aromatic N) is 1. The van der Waals surface area contributed by atoms with Crippen molar-refractivity contribution in [2.24, 2.45) is 11.1 Å². The third kappa shape index (κ3) is 4.04. The fourth-order valence-corrected chi connectivity index (χ4v) is 3.21. The minimum absolute atomic E-state index is 0. The van der Waals surface area contributed by atoms with Crippen molar-refractivity contribution in [3.05, 3.63) is 48.0 Å². The molecule has 0 saturated carbocycles. The Bertz CT molecular complexity index is 688. The molecule has 1 unspecified atom stereocenters. The number of hydrogen-bond donors (Lipinski definition) is 1. The summed E-state index contributed by atoms with van der Waals surface area (Å²) in [5, 5.41) is 2.49. The van der Waals surface area contributed by atoms with E-state index in [1.165, 1.54) is 16.3 Å². The second-order valence-corrected chi connectivity index (χ2v) is 6.76. The van der Waals surface area contributed by atoms with Gasteiger partial charge in [0.2, 0.25) is 5.91 Å². The van der Waals surface area contributed by atoms with E-state index in [0.717, 1.165) is 25.9 Å². The van der Waals surface area contributed by atoms with Gasteiger partial charge in [-0.15, -0.1) is 12.4 Å². The molecule has 1 atom stereocenters. The molecule has 1 aliphatic heterocycles. The average Bonchev–Trinajstić information content (AvgIpc) is 2.95. The van der Waals surface area contributed by atoms with E-state index in [4.69, 9.17) is 5.73 Å². The van der Waals surface area contributed by atoms with Crippen LogP contribution in [-0.4, -0.2) is 30.4 Å². The van der Waals surface area contributed by atoms with Crippen LogP contribution in [0.2, 0.25) is 0 Å². The molecule has 0 aromatic heterocycles. The van der Waals surface area contributed by atoms with Gasteiger partial charge in [0.15, 0.2) is 0 Å². The lowest BCUT2D eigenvalue weighted by molar-refractivity contribution is -0.130. The highest BCUT2D eigenvalue weighted by Gasteiger charge is 2.34. The topological polar surface area (TPSA) is 46.3 Å². The summed E-state index contributed by atoms with van der Waals surface area (Å²) < 4.78 is 0. The molecule has 1 amide bonds. The molecule has 3 rings (SSSR count). The number of likely N-dealkylation sites (tertiary alicyclic amines) is 1. The van der Waals surface area contributed by atoms with Crippen molar-refractivity contribution in [2.75, 3.05) is 19.6 Å². The van der Waals surface area contributed by atoms with Crippen LogP contribution in [0.25, 0.3) is 10.8 Å². The number of benzene rings is 2. The summed E-state index contributed by atoms with van der Waals surface area (Å²) in [5.74, 6) is 0.255. The summed E-state index contributed by atoms with van der Waals surface area (Å²) in [7, 11) is 0. The normalized spacial score (nSPS) is 20.5. The van der Waals surface area contributed by atoms with Crippen molar-refractivity contribution in [3.8, 4) is 0 Å². The minimum Gasteiger partial charge on any atom is -0.342 e. The Kier molecular flexibility index (Phi) is 5.66. The zero-order chi connectivity index (χ0) is 15.6. The van der Waals surface area contributed by atoms with Crippen molar-refractivity contribution in [3.63, 3.8) is 0 Å². The summed E-state index contributed by atoms with van der Waals surface area (Å²) in [4.78, 5) is 14.4. The molecule has 1 aliphatic rings. The van der Waals surface area contributed by atoms with E-state index in [0.29, 0.717) is 13.0 Å². The summed E-state index contributed by atoms with van der Waals surface area (Å²) in [6.07, 6.45) is 2.41. The molecule has 4 heteroatoms. The van der Waals surface area contributed by atoms with E-state index >= 15 is 0 Å². The third-order valence-electron chi connectivity index (χ3n) is 4.84. The molecule has 0 spiro atoms. The van der Waals surface area contributed by atoms with E-state index in [2.05, 4.69) is 43.3 Å². The van der Waals surface area contributed by atoms with E-state index in [1.54, 1.807) is 0 Å². The predicted molar refractivity (Wildman–Crippen MR) is 97.9 cm³/mol. The number of nitrogens with two attached hydrogens (primary N) is 1. The van der Waals surface area contributed by atoms with Crippen molar-refractivity contribution in [2.45, 2.75) is 26.2 Å². The molecule has 0 bridgehead atoms. The lowest BCUT2D eigenvalue weighted by Crippen LogP contribution is -2.34. The Balaban J connectivity index is 0.00000192. The predicted octanol–water partition coefficient (Wildman–Crippen LogP) is 3.39. The van der Waals surface area contributed by atoms with Crippen molar-refractivity contribution >= 4 is 29.1 Å². The number of carbonyl (C=O) groups excluding carboxylic acids is 1. The van der Waals surface area contributed by atoms with Gasteiger partial charge in [0.25, 0.3) is 0 Å². The zero-order valence-electron chi connectivity index (χ0n) is 13.6. The van der Waals surface area contributed by atoms with Gasteiger partial charge in [-0.05, 0) is 41.1 Å². The van der Waals surface area contributed by atoms with Crippen molar-refractivity contribution < 1.29 is 4.79 Å². The van der Waals surface area contributed by atoms with Crippen LogP contribution < -0.4 is 5.73 Å². The van der Waals surface area contributed by atoms with E-state index < -0.39 is 0 Å². The summed E-state index contributed by atoms with van der Waals surface area (Å²) >= 11 is 0. The van der Waals surface area contributed by atoms with Gasteiger partial charge in [-0.25, -0.2) is 0 Å². The maximum absolute atomic E-state index is 12.4. The second kappa shape index (κ2) is 7.33. The minimum atomic E-state index is 0. The fraction of sp³-hybridized carbons (Fsp3) is 0.421. The molecule has 2 N–H and O–H groups in total. The highest BCUT2D eigenvalue weighted by molar-refractivity contribution is 5.85. The van der Waals surface area contributed by atoms with Crippen LogP contribution in [0.15, 0.2) is 42.5 Å². The number of hydrogen-bond acceptors (Lipinski definition) is 2. The quantitative estimate of drug-likeness (QED) is 0.932. The first-order chi connectivity index (χ1) is 10.6. The first kappa shape index (κ1) is 17.8. The van der Waals surface area contributed by atoms with Crippen LogP contribution in [0.3, 0.4) is 0 Å². The SMILES string of the molecule is CC1(CN)CCN(C(=O)CCc2ccc3ccccc3c2)C1.Cl. The molecular weight excluding hydrogens is 308 g/mol. The molecule has 1 fully saturated rings. The summed E-state index contributed by atoms with van der Waals surface area (Å²) in [6, 6.07) is 14.8. The largest absolute Gasteiger partial charge is 0.342 e. The van der Waals surface area contributed by atoms with Crippen LogP contribution >= 0.6 is 12.4 Å². The van der Waals surface area contributed by atoms with Crippen LogP contribution in [0.1, 0.15) is 25.3 Å². The van der Waals surface area contributed by atoms with Crippen molar-refractivity contribution in [1.82, 2.24) is 4.90 Å². The van der Waals surface area contributed by atoms with Crippen LogP contribution in [0.5, 0.6) is 0 Å². The first-order valence-electron chi connectivity index (χ1n) is 8.05. The van der Waals surface area contributed by atoms with Gasteiger partial charge in [-0.3, -0.25) is 4.79 Å². The van der Waals surface area contributed by atoms with E-state index in [1.807, 2.05) is 11.0 Å². The second-order valence-electron chi connectivity index (χ2n) is 6.76. The number of fused-ring (bicyclic) bond motifs is 1. The Morgan fingerprint density at radius 1 is 1.22 bits per heavy atom. The van der Waals surface area contributed by atoms with Gasteiger partial charge in [0.1, 0.15) is 0 Å². The molecule has 1 heterocycles. The van der Waals surface area contributed by atoms with Gasteiger partial charge >= 0.3 is 0 Å². The summed E-state index contributed by atoms with van der Waals surface area (Å²) in [6.45, 7) is 4.48. The third-order valence-corrected chi connectivity index (χ3v) is 4.84. The number of aryl methyl sites for hydroxylation is 1. The van der Waals surface area contributed by atoms with E-state index in [9.17, 15) is 4.79 Å². The lowest BCUT2D eigenvalue weighted by Gasteiger charge is -2.22. The standard InChI is InChI=1S/C19H24N2O.ClH/c1-19(13-20)10-11-21(14-19)18(22)9-7-15-6-8-16-4-2-3-5-17(16)12-15;/h2-6,8,12H,7,9-11,13-14,20H2,1H3;1H. The van der Waals surface area contributed by atoms with Crippen LogP contribution in [0, 0.1) is 5.41 Å². The molecule has 3 nitrogen and oxygen atoms in total. The molecule has 0 aliphatic carbocycles. The molecule has 23 heavy (non-hydrogen) atoms. The van der Waals surface area contributed by atoms with Gasteiger partial charge in [-0.1, -0.05) is 49.4 Å². The molecule has 2 aromatic carbocycles. The Morgan fingerprint density at radius 2 is 1.96 bits per heavy atom. The highest BCUT2D eigenvalue weighted by atomic mass is 35.5. The van der Waals surface area contributed by atoms with Gasteiger partial charge in [-0.2, -0.15) is 0 Å². The van der Waals surface area contributed by atoms with Crippen LogP contribution in [0.4, 0.5) is 0 Å². The molecule has 0 radical (unpaired) electrons. The Hall–Kier alpha value is -1.58. The monoisotopic (exact) mass is 332 g/mol. The maximum Gasteiger partial charge on any atom is 0.222 e. The van der Waals surface area contributed by atoms with Gasteiger partial charge < -0.3 is 10.6 Å². The first-order valence-corrected chi connectivity index (χ1v) is 8.05. The van der Waals surface area contributed by atoms with Crippen LogP contribution in [-0.2, 0) is 11.2 Å². The summed E-state index contributed by atoms with van der Waals surface area (Å²) in [5.41, 5.74) is 7.15. The zero-order valence-corrected chi connectivity index (χ0v) is 14.4. The number of rotatable bonds is 4. The maximum atomic E-state index is 12.4. The Labute approximate surface area is 144 Å². The van der Waals surface area contributed by atoms with Crippen molar-refractivity contribution in [1.29, 1.82) is 0 Å². The molecule has 1 saturated heterocycles. The van der Waals surface area contributed by atoms with Gasteiger partial charge in [0.05, 0.1) is 0 Å². The number of carbonyl (C=O) groups is 1. The lowest BCUT2D eigenvalue weighted by atomic mass is 9.90. The number of amides is 1. The molecule has 2 aromatic rings.